The Labute approximate surface area is 132 Å². The molecule has 1 aliphatic heterocycles. The third kappa shape index (κ3) is 2.70. The molecule has 1 heterocycles. The second kappa shape index (κ2) is 5.82. The van der Waals surface area contributed by atoms with Gasteiger partial charge in [-0.2, -0.15) is 10.2 Å². The number of para-hydroxylation sites is 1. The van der Waals surface area contributed by atoms with Gasteiger partial charge in [0.05, 0.1) is 5.69 Å². The number of hydrazone groups is 1. The van der Waals surface area contributed by atoms with Crippen LogP contribution in [0.3, 0.4) is 0 Å². The van der Waals surface area contributed by atoms with Crippen LogP contribution in [-0.4, -0.2) is 21.0 Å². The number of nitrogens with zero attached hydrogens (tertiary/aromatic N) is 2. The van der Waals surface area contributed by atoms with E-state index in [0.29, 0.717) is 10.8 Å². The lowest BCUT2D eigenvalue weighted by Gasteiger charge is -2.26. The molecular weight excluding hydrogens is 298 g/mol. The first-order valence-corrected chi connectivity index (χ1v) is 7.59. The fraction of sp³-hybridized carbons (Fsp3) is 0.125. The van der Waals surface area contributed by atoms with Gasteiger partial charge >= 0.3 is 0 Å². The zero-order valence-corrected chi connectivity index (χ0v) is 12.7. The maximum absolute atomic E-state index is 12.6. The molecule has 0 fully saturated rings. The van der Waals surface area contributed by atoms with E-state index in [0.717, 1.165) is 10.6 Å². The van der Waals surface area contributed by atoms with Crippen molar-refractivity contribution in [3.8, 4) is 0 Å². The Bertz CT molecular complexity index is 706. The lowest BCUT2D eigenvalue weighted by atomic mass is 10.2. The van der Waals surface area contributed by atoms with E-state index in [9.17, 15) is 10.0 Å². The molecule has 0 aliphatic carbocycles. The van der Waals surface area contributed by atoms with E-state index in [1.807, 2.05) is 36.4 Å². The summed E-state index contributed by atoms with van der Waals surface area (Å²) < 4.78 is 0. The van der Waals surface area contributed by atoms with Crippen molar-refractivity contribution in [1.29, 1.82) is 0 Å². The molecule has 1 unspecified atom stereocenters. The SMILES string of the molecule is CC1(C(=O)N(O)c2ccccc2)NN=C(c2ccccc2)S1. The highest BCUT2D eigenvalue weighted by atomic mass is 32.2. The van der Waals surface area contributed by atoms with Gasteiger partial charge in [-0.25, -0.2) is 0 Å². The first-order chi connectivity index (χ1) is 10.6. The number of rotatable bonds is 3. The van der Waals surface area contributed by atoms with Crippen LogP contribution in [0.2, 0.25) is 0 Å². The van der Waals surface area contributed by atoms with Crippen molar-refractivity contribution in [3.05, 3.63) is 66.2 Å². The number of carbonyl (C=O) groups excluding carboxylic acids is 1. The van der Waals surface area contributed by atoms with Crippen LogP contribution in [0, 0.1) is 0 Å². The lowest BCUT2D eigenvalue weighted by Crippen LogP contribution is -2.49. The summed E-state index contributed by atoms with van der Waals surface area (Å²) in [6, 6.07) is 18.3. The van der Waals surface area contributed by atoms with Crippen LogP contribution in [-0.2, 0) is 4.79 Å². The van der Waals surface area contributed by atoms with Crippen LogP contribution in [0.25, 0.3) is 0 Å². The van der Waals surface area contributed by atoms with Crippen molar-refractivity contribution in [1.82, 2.24) is 5.43 Å². The number of hydrogen-bond acceptors (Lipinski definition) is 5. The molecule has 1 aliphatic rings. The van der Waals surface area contributed by atoms with Crippen LogP contribution in [0.4, 0.5) is 5.69 Å². The average molecular weight is 313 g/mol. The van der Waals surface area contributed by atoms with E-state index in [2.05, 4.69) is 10.5 Å². The number of amides is 1. The first-order valence-electron chi connectivity index (χ1n) is 6.78. The molecule has 1 amide bonds. The van der Waals surface area contributed by atoms with Gasteiger partial charge < -0.3 is 0 Å². The fourth-order valence-electron chi connectivity index (χ4n) is 2.08. The van der Waals surface area contributed by atoms with E-state index >= 15 is 0 Å². The van der Waals surface area contributed by atoms with Gasteiger partial charge in [0, 0.05) is 5.56 Å². The Kier molecular flexibility index (Phi) is 3.87. The van der Waals surface area contributed by atoms with E-state index < -0.39 is 10.8 Å². The topological polar surface area (TPSA) is 64.9 Å². The quantitative estimate of drug-likeness (QED) is 0.675. The van der Waals surface area contributed by atoms with Crippen molar-refractivity contribution in [3.63, 3.8) is 0 Å². The van der Waals surface area contributed by atoms with E-state index in [4.69, 9.17) is 0 Å². The predicted octanol–water partition coefficient (Wildman–Crippen LogP) is 2.82. The number of anilines is 1. The number of benzene rings is 2. The van der Waals surface area contributed by atoms with Crippen molar-refractivity contribution in [2.24, 2.45) is 5.10 Å². The van der Waals surface area contributed by atoms with Gasteiger partial charge in [0.15, 0.2) is 4.87 Å². The van der Waals surface area contributed by atoms with Gasteiger partial charge in [-0.05, 0) is 19.1 Å². The van der Waals surface area contributed by atoms with Crippen LogP contribution in [0.1, 0.15) is 12.5 Å². The summed E-state index contributed by atoms with van der Waals surface area (Å²) in [7, 11) is 0. The molecule has 0 aromatic heterocycles. The highest BCUT2D eigenvalue weighted by molar-refractivity contribution is 8.16. The molecule has 0 bridgehead atoms. The van der Waals surface area contributed by atoms with E-state index in [1.165, 1.54) is 11.8 Å². The number of thioether (sulfide) groups is 1. The standard InChI is InChI=1S/C16H15N3O2S/c1-16(15(20)19(21)13-10-6-3-7-11-13)18-17-14(22-16)12-8-4-2-5-9-12/h2-11,18,21H,1H3. The minimum Gasteiger partial charge on any atom is -0.283 e. The second-order valence-electron chi connectivity index (χ2n) is 4.98. The molecule has 2 aromatic carbocycles. The molecule has 6 heteroatoms. The molecule has 112 valence electrons. The zero-order chi connectivity index (χ0) is 15.6. The Morgan fingerprint density at radius 3 is 2.36 bits per heavy atom. The zero-order valence-electron chi connectivity index (χ0n) is 11.9. The normalized spacial score (nSPS) is 20.2. The Hall–Kier alpha value is -2.31. The number of hydrogen-bond donors (Lipinski definition) is 2. The Morgan fingerprint density at radius 1 is 1.14 bits per heavy atom. The third-order valence-electron chi connectivity index (χ3n) is 3.29. The highest BCUT2D eigenvalue weighted by Gasteiger charge is 2.43. The summed E-state index contributed by atoms with van der Waals surface area (Å²) in [6.07, 6.45) is 0. The second-order valence-corrected chi connectivity index (χ2v) is 6.39. The van der Waals surface area contributed by atoms with Crippen molar-refractivity contribution >= 4 is 28.4 Å². The molecule has 0 radical (unpaired) electrons. The summed E-state index contributed by atoms with van der Waals surface area (Å²) >= 11 is 1.28. The van der Waals surface area contributed by atoms with Crippen molar-refractivity contribution < 1.29 is 10.0 Å². The molecule has 5 nitrogen and oxygen atoms in total. The van der Waals surface area contributed by atoms with Gasteiger partial charge in [0.25, 0.3) is 5.91 Å². The smallest absolute Gasteiger partial charge is 0.283 e. The van der Waals surface area contributed by atoms with Crippen LogP contribution >= 0.6 is 11.8 Å². The third-order valence-corrected chi connectivity index (χ3v) is 4.49. The Morgan fingerprint density at radius 2 is 1.73 bits per heavy atom. The van der Waals surface area contributed by atoms with Crippen LogP contribution < -0.4 is 10.5 Å². The van der Waals surface area contributed by atoms with Gasteiger partial charge in [-0.3, -0.25) is 15.4 Å². The fourth-order valence-corrected chi connectivity index (χ4v) is 3.08. The van der Waals surface area contributed by atoms with Gasteiger partial charge in [0.2, 0.25) is 0 Å². The van der Waals surface area contributed by atoms with Gasteiger partial charge in [-0.1, -0.05) is 60.3 Å². The first kappa shape index (κ1) is 14.6. The van der Waals surface area contributed by atoms with Crippen molar-refractivity contribution in [2.45, 2.75) is 11.8 Å². The Balaban J connectivity index is 1.77. The number of carbonyl (C=O) groups is 1. The molecule has 0 saturated heterocycles. The number of nitrogens with one attached hydrogen (secondary N) is 1. The molecule has 3 rings (SSSR count). The van der Waals surface area contributed by atoms with Crippen molar-refractivity contribution in [2.75, 3.05) is 5.06 Å². The summed E-state index contributed by atoms with van der Waals surface area (Å²) in [5, 5.41) is 15.8. The van der Waals surface area contributed by atoms with Gasteiger partial charge in [-0.15, -0.1) is 0 Å². The number of hydroxylamine groups is 1. The molecular formula is C16H15N3O2S. The minimum absolute atomic E-state index is 0.421. The molecule has 0 saturated carbocycles. The maximum atomic E-state index is 12.6. The molecule has 1 atom stereocenters. The summed E-state index contributed by atoms with van der Waals surface area (Å²) in [5.74, 6) is -0.474. The molecule has 22 heavy (non-hydrogen) atoms. The molecule has 2 N–H and O–H groups in total. The summed E-state index contributed by atoms with van der Waals surface area (Å²) in [5.41, 5.74) is 4.18. The van der Waals surface area contributed by atoms with Crippen LogP contribution in [0.5, 0.6) is 0 Å². The highest BCUT2D eigenvalue weighted by Crippen LogP contribution is 2.34. The largest absolute Gasteiger partial charge is 0.288 e. The molecule has 2 aromatic rings. The van der Waals surface area contributed by atoms with Gasteiger partial charge in [0.1, 0.15) is 5.04 Å². The average Bonchev–Trinajstić information content (AvgIpc) is 2.99. The lowest BCUT2D eigenvalue weighted by molar-refractivity contribution is -0.126. The van der Waals surface area contributed by atoms with E-state index in [-0.39, 0.29) is 0 Å². The minimum atomic E-state index is -1.05. The monoisotopic (exact) mass is 313 g/mol. The van der Waals surface area contributed by atoms with E-state index in [1.54, 1.807) is 31.2 Å². The summed E-state index contributed by atoms with van der Waals surface area (Å²) in [6.45, 7) is 1.70. The maximum Gasteiger partial charge on any atom is 0.288 e. The predicted molar refractivity (Wildman–Crippen MR) is 87.8 cm³/mol. The van der Waals surface area contributed by atoms with Crippen LogP contribution in [0.15, 0.2) is 65.8 Å². The summed E-state index contributed by atoms with van der Waals surface area (Å²) in [4.78, 5) is 11.5. The molecule has 0 spiro atoms.